The zero-order chi connectivity index (χ0) is 13.0. The molecule has 0 fully saturated rings. The number of rotatable bonds is 4. The number of amides is 1. The molecule has 5 nitrogen and oxygen atoms in total. The zero-order valence-electron chi connectivity index (χ0n) is 10.4. The van der Waals surface area contributed by atoms with Gasteiger partial charge in [-0.1, -0.05) is 12.1 Å². The van der Waals surface area contributed by atoms with Crippen LogP contribution in [-0.4, -0.2) is 36.9 Å². The van der Waals surface area contributed by atoms with Crippen molar-refractivity contribution in [1.29, 1.82) is 0 Å². The van der Waals surface area contributed by atoms with E-state index in [1.165, 1.54) is 5.01 Å². The summed E-state index contributed by atoms with van der Waals surface area (Å²) in [7, 11) is 1.61. The molecule has 2 N–H and O–H groups in total. The van der Waals surface area contributed by atoms with E-state index < -0.39 is 0 Å². The van der Waals surface area contributed by atoms with Gasteiger partial charge in [0, 0.05) is 25.6 Å². The Kier molecular flexibility index (Phi) is 3.94. The van der Waals surface area contributed by atoms with Crippen LogP contribution < -0.4 is 5.73 Å². The van der Waals surface area contributed by atoms with E-state index in [1.807, 2.05) is 24.3 Å². The second-order valence-corrected chi connectivity index (χ2v) is 4.18. The van der Waals surface area contributed by atoms with Gasteiger partial charge in [0.15, 0.2) is 0 Å². The Balaban J connectivity index is 2.17. The molecule has 1 heterocycles. The quantitative estimate of drug-likeness (QED) is 0.814. The number of hydrogen-bond donors (Lipinski definition) is 1. The number of hydrazone groups is 1. The lowest BCUT2D eigenvalue weighted by molar-refractivity contribution is -0.132. The Labute approximate surface area is 106 Å². The van der Waals surface area contributed by atoms with Crippen molar-refractivity contribution in [2.45, 2.75) is 12.8 Å². The number of carbonyl (C=O) groups excluding carboxylic acids is 1. The molecule has 0 bridgehead atoms. The lowest BCUT2D eigenvalue weighted by atomic mass is 10.0. The van der Waals surface area contributed by atoms with Gasteiger partial charge in [-0.2, -0.15) is 5.10 Å². The molecule has 1 amide bonds. The first-order valence-corrected chi connectivity index (χ1v) is 5.93. The van der Waals surface area contributed by atoms with Gasteiger partial charge < -0.3 is 10.5 Å². The number of carbonyl (C=O) groups is 1. The topological polar surface area (TPSA) is 67.9 Å². The molecule has 0 spiro atoms. The van der Waals surface area contributed by atoms with Crippen LogP contribution in [0.2, 0.25) is 0 Å². The summed E-state index contributed by atoms with van der Waals surface area (Å²) in [4.78, 5) is 11.7. The minimum atomic E-state index is 0.0474. The van der Waals surface area contributed by atoms with Crippen molar-refractivity contribution in [1.82, 2.24) is 5.01 Å². The van der Waals surface area contributed by atoms with E-state index in [2.05, 4.69) is 5.10 Å². The molecule has 5 heteroatoms. The average Bonchev–Trinajstić information content (AvgIpc) is 2.39. The molecule has 0 aromatic heterocycles. The van der Waals surface area contributed by atoms with E-state index in [1.54, 1.807) is 7.11 Å². The van der Waals surface area contributed by atoms with E-state index in [4.69, 9.17) is 10.5 Å². The molecule has 0 unspecified atom stereocenters. The van der Waals surface area contributed by atoms with Gasteiger partial charge in [-0.15, -0.1) is 0 Å². The van der Waals surface area contributed by atoms with E-state index in [0.29, 0.717) is 26.0 Å². The van der Waals surface area contributed by atoms with Gasteiger partial charge in [-0.25, -0.2) is 5.01 Å². The van der Waals surface area contributed by atoms with Crippen LogP contribution in [0.1, 0.15) is 18.4 Å². The minimum Gasteiger partial charge on any atom is -0.399 e. The fourth-order valence-corrected chi connectivity index (χ4v) is 1.84. The summed E-state index contributed by atoms with van der Waals surface area (Å²) in [5, 5.41) is 5.86. The van der Waals surface area contributed by atoms with E-state index >= 15 is 0 Å². The first kappa shape index (κ1) is 12.6. The van der Waals surface area contributed by atoms with Gasteiger partial charge in [0.1, 0.15) is 0 Å². The molecule has 1 aliphatic rings. The first-order chi connectivity index (χ1) is 8.70. The Morgan fingerprint density at radius 3 is 2.72 bits per heavy atom. The van der Waals surface area contributed by atoms with Crippen molar-refractivity contribution < 1.29 is 9.53 Å². The highest BCUT2D eigenvalue weighted by Gasteiger charge is 2.20. The number of benzene rings is 1. The maximum atomic E-state index is 11.7. The summed E-state index contributed by atoms with van der Waals surface area (Å²) in [6, 6.07) is 7.54. The Hall–Kier alpha value is -1.88. The molecule has 18 heavy (non-hydrogen) atoms. The van der Waals surface area contributed by atoms with E-state index in [9.17, 15) is 4.79 Å². The largest absolute Gasteiger partial charge is 0.399 e. The molecular formula is C13H17N3O2. The number of methoxy groups -OCH3 is 1. The van der Waals surface area contributed by atoms with Crippen molar-refractivity contribution in [3.8, 4) is 0 Å². The monoisotopic (exact) mass is 247 g/mol. The summed E-state index contributed by atoms with van der Waals surface area (Å²) in [5.41, 5.74) is 8.31. The minimum absolute atomic E-state index is 0.0474. The maximum absolute atomic E-state index is 11.7. The van der Waals surface area contributed by atoms with Gasteiger partial charge in [0.2, 0.25) is 5.91 Å². The van der Waals surface area contributed by atoms with Crippen molar-refractivity contribution in [3.63, 3.8) is 0 Å². The van der Waals surface area contributed by atoms with Crippen LogP contribution in [0, 0.1) is 0 Å². The van der Waals surface area contributed by atoms with Crippen LogP contribution in [0.5, 0.6) is 0 Å². The summed E-state index contributed by atoms with van der Waals surface area (Å²) < 4.78 is 4.97. The Morgan fingerprint density at radius 1 is 1.33 bits per heavy atom. The molecule has 0 saturated heterocycles. The van der Waals surface area contributed by atoms with Crippen LogP contribution >= 0.6 is 0 Å². The highest BCUT2D eigenvalue weighted by Crippen LogP contribution is 2.16. The van der Waals surface area contributed by atoms with Crippen molar-refractivity contribution >= 4 is 17.3 Å². The number of ether oxygens (including phenoxy) is 1. The molecule has 0 saturated carbocycles. The van der Waals surface area contributed by atoms with Crippen LogP contribution in [-0.2, 0) is 9.53 Å². The highest BCUT2D eigenvalue weighted by atomic mass is 16.5. The molecule has 1 aliphatic heterocycles. The van der Waals surface area contributed by atoms with E-state index in [-0.39, 0.29) is 5.91 Å². The zero-order valence-corrected chi connectivity index (χ0v) is 10.4. The SMILES string of the molecule is COCCN1N=C(c2ccc(N)cc2)CCC1=O. The lowest BCUT2D eigenvalue weighted by Crippen LogP contribution is -2.34. The second kappa shape index (κ2) is 5.64. The van der Waals surface area contributed by atoms with Crippen LogP contribution in [0.4, 0.5) is 5.69 Å². The van der Waals surface area contributed by atoms with Crippen LogP contribution in [0.3, 0.4) is 0 Å². The number of nitrogens with zero attached hydrogens (tertiary/aromatic N) is 2. The van der Waals surface area contributed by atoms with Crippen molar-refractivity contribution in [2.75, 3.05) is 26.0 Å². The third-order valence-corrected chi connectivity index (χ3v) is 2.86. The van der Waals surface area contributed by atoms with Crippen LogP contribution in [0.15, 0.2) is 29.4 Å². The molecule has 0 atom stereocenters. The van der Waals surface area contributed by atoms with Gasteiger partial charge >= 0.3 is 0 Å². The lowest BCUT2D eigenvalue weighted by Gasteiger charge is -2.23. The maximum Gasteiger partial charge on any atom is 0.243 e. The number of anilines is 1. The standard InChI is InChI=1S/C13H17N3O2/c1-18-9-8-16-13(17)7-6-12(15-16)10-2-4-11(14)5-3-10/h2-5H,6-9,14H2,1H3. The smallest absolute Gasteiger partial charge is 0.243 e. The summed E-state index contributed by atoms with van der Waals surface area (Å²) in [5.74, 6) is 0.0474. The third-order valence-electron chi connectivity index (χ3n) is 2.86. The van der Waals surface area contributed by atoms with Crippen molar-refractivity contribution in [3.05, 3.63) is 29.8 Å². The van der Waals surface area contributed by atoms with Gasteiger partial charge in [0.05, 0.1) is 18.9 Å². The van der Waals surface area contributed by atoms with Gasteiger partial charge in [-0.05, 0) is 17.7 Å². The first-order valence-electron chi connectivity index (χ1n) is 5.93. The third kappa shape index (κ3) is 2.87. The summed E-state index contributed by atoms with van der Waals surface area (Å²) >= 11 is 0. The Morgan fingerprint density at radius 2 is 2.06 bits per heavy atom. The van der Waals surface area contributed by atoms with Crippen molar-refractivity contribution in [2.24, 2.45) is 5.10 Å². The van der Waals surface area contributed by atoms with E-state index in [0.717, 1.165) is 17.0 Å². The normalized spacial score (nSPS) is 15.7. The fourth-order valence-electron chi connectivity index (χ4n) is 1.84. The molecule has 2 rings (SSSR count). The summed E-state index contributed by atoms with van der Waals surface area (Å²) in [6.45, 7) is 0.984. The average molecular weight is 247 g/mol. The fraction of sp³-hybridized carbons (Fsp3) is 0.385. The number of nitrogens with two attached hydrogens (primary N) is 1. The number of nitrogen functional groups attached to an aromatic ring is 1. The molecular weight excluding hydrogens is 230 g/mol. The predicted molar refractivity (Wildman–Crippen MR) is 70.2 cm³/mol. The van der Waals surface area contributed by atoms with Gasteiger partial charge in [-0.3, -0.25) is 4.79 Å². The molecule has 96 valence electrons. The Bertz CT molecular complexity index is 454. The highest BCUT2D eigenvalue weighted by molar-refractivity contribution is 6.04. The summed E-state index contributed by atoms with van der Waals surface area (Å²) in [6.07, 6.45) is 1.17. The molecule has 1 aromatic carbocycles. The molecule has 1 aromatic rings. The van der Waals surface area contributed by atoms with Crippen LogP contribution in [0.25, 0.3) is 0 Å². The molecule has 0 aliphatic carbocycles. The predicted octanol–water partition coefficient (Wildman–Crippen LogP) is 1.24. The number of hydrogen-bond acceptors (Lipinski definition) is 4. The second-order valence-electron chi connectivity index (χ2n) is 4.18. The van der Waals surface area contributed by atoms with Gasteiger partial charge in [0.25, 0.3) is 0 Å². The molecule has 0 radical (unpaired) electrons.